The summed E-state index contributed by atoms with van der Waals surface area (Å²) in [5, 5.41) is 0. The molecule has 1 aliphatic rings. The standard InChI is InChI=1S/C12H15NO2/c14-12(13-7-4-8-13)10-15-9-11-5-2-1-3-6-11/h1-3,5-6H,4,7-10H2. The lowest BCUT2D eigenvalue weighted by Crippen LogP contribution is -2.43. The lowest BCUT2D eigenvalue weighted by molar-refractivity contribution is -0.140. The zero-order valence-electron chi connectivity index (χ0n) is 8.69. The van der Waals surface area contributed by atoms with E-state index in [4.69, 9.17) is 4.74 Å². The van der Waals surface area contributed by atoms with E-state index in [1.165, 1.54) is 0 Å². The van der Waals surface area contributed by atoms with Gasteiger partial charge in [-0.2, -0.15) is 0 Å². The summed E-state index contributed by atoms with van der Waals surface area (Å²) in [7, 11) is 0. The zero-order valence-corrected chi connectivity index (χ0v) is 8.69. The van der Waals surface area contributed by atoms with Crippen molar-refractivity contribution in [2.24, 2.45) is 0 Å². The maximum Gasteiger partial charge on any atom is 0.248 e. The zero-order chi connectivity index (χ0) is 10.5. The Bertz CT molecular complexity index is 320. The molecule has 0 saturated carbocycles. The maximum absolute atomic E-state index is 11.4. The van der Waals surface area contributed by atoms with Gasteiger partial charge in [0.1, 0.15) is 6.61 Å². The van der Waals surface area contributed by atoms with Gasteiger partial charge >= 0.3 is 0 Å². The number of likely N-dealkylation sites (tertiary alicyclic amines) is 1. The van der Waals surface area contributed by atoms with Gasteiger partial charge in [0.25, 0.3) is 0 Å². The first-order valence-corrected chi connectivity index (χ1v) is 5.26. The summed E-state index contributed by atoms with van der Waals surface area (Å²) < 4.78 is 5.35. The number of benzene rings is 1. The van der Waals surface area contributed by atoms with Gasteiger partial charge in [-0.3, -0.25) is 4.79 Å². The van der Waals surface area contributed by atoms with Crippen molar-refractivity contribution < 1.29 is 9.53 Å². The number of carbonyl (C=O) groups excluding carboxylic acids is 1. The lowest BCUT2D eigenvalue weighted by atomic mass is 10.2. The first kappa shape index (κ1) is 10.2. The summed E-state index contributed by atoms with van der Waals surface area (Å²) in [5.74, 6) is 0.109. The summed E-state index contributed by atoms with van der Waals surface area (Å²) in [6.07, 6.45) is 1.13. The number of ether oxygens (including phenoxy) is 1. The second-order valence-corrected chi connectivity index (χ2v) is 3.71. The van der Waals surface area contributed by atoms with Crippen LogP contribution in [0.4, 0.5) is 0 Å². The number of amides is 1. The van der Waals surface area contributed by atoms with Crippen molar-refractivity contribution in [1.29, 1.82) is 0 Å². The second-order valence-electron chi connectivity index (χ2n) is 3.71. The van der Waals surface area contributed by atoms with Gasteiger partial charge in [-0.25, -0.2) is 0 Å². The molecule has 2 rings (SSSR count). The molecule has 0 bridgehead atoms. The summed E-state index contributed by atoms with van der Waals surface area (Å²) in [6, 6.07) is 9.89. The van der Waals surface area contributed by atoms with Crippen LogP contribution in [0.5, 0.6) is 0 Å². The van der Waals surface area contributed by atoms with E-state index in [0.717, 1.165) is 25.1 Å². The number of hydrogen-bond acceptors (Lipinski definition) is 2. The Kier molecular flexibility index (Phi) is 3.35. The van der Waals surface area contributed by atoms with E-state index in [1.807, 2.05) is 35.2 Å². The molecular formula is C12H15NO2. The minimum Gasteiger partial charge on any atom is -0.367 e. The van der Waals surface area contributed by atoms with E-state index in [9.17, 15) is 4.79 Å². The van der Waals surface area contributed by atoms with Crippen molar-refractivity contribution in [2.45, 2.75) is 13.0 Å². The SMILES string of the molecule is O=C(COCc1ccccc1)N1CCC1. The van der Waals surface area contributed by atoms with Crippen LogP contribution < -0.4 is 0 Å². The Morgan fingerprint density at radius 3 is 2.60 bits per heavy atom. The summed E-state index contributed by atoms with van der Waals surface area (Å²) >= 11 is 0. The van der Waals surface area contributed by atoms with Gasteiger partial charge in [0, 0.05) is 13.1 Å². The highest BCUT2D eigenvalue weighted by molar-refractivity contribution is 5.78. The molecule has 1 aromatic rings. The Balaban J connectivity index is 1.68. The third kappa shape index (κ3) is 2.80. The van der Waals surface area contributed by atoms with Crippen LogP contribution in [0.3, 0.4) is 0 Å². The van der Waals surface area contributed by atoms with Gasteiger partial charge in [0.15, 0.2) is 0 Å². The molecule has 0 aromatic heterocycles. The van der Waals surface area contributed by atoms with Gasteiger partial charge in [-0.15, -0.1) is 0 Å². The van der Waals surface area contributed by atoms with Crippen LogP contribution in [-0.4, -0.2) is 30.5 Å². The van der Waals surface area contributed by atoms with Gasteiger partial charge in [0.05, 0.1) is 6.61 Å². The molecule has 3 nitrogen and oxygen atoms in total. The summed E-state index contributed by atoms with van der Waals surface area (Å²) in [6.45, 7) is 2.51. The molecule has 15 heavy (non-hydrogen) atoms. The molecule has 1 fully saturated rings. The van der Waals surface area contributed by atoms with Gasteiger partial charge in [0.2, 0.25) is 5.91 Å². The van der Waals surface area contributed by atoms with E-state index < -0.39 is 0 Å². The average Bonchev–Trinajstić information content (AvgIpc) is 2.16. The molecule has 1 heterocycles. The molecule has 80 valence electrons. The van der Waals surface area contributed by atoms with E-state index in [-0.39, 0.29) is 12.5 Å². The first-order valence-electron chi connectivity index (χ1n) is 5.26. The highest BCUT2D eigenvalue weighted by atomic mass is 16.5. The van der Waals surface area contributed by atoms with Gasteiger partial charge in [-0.1, -0.05) is 30.3 Å². The van der Waals surface area contributed by atoms with Crippen LogP contribution in [0.2, 0.25) is 0 Å². The van der Waals surface area contributed by atoms with Crippen molar-refractivity contribution in [3.8, 4) is 0 Å². The monoisotopic (exact) mass is 205 g/mol. The van der Waals surface area contributed by atoms with Crippen molar-refractivity contribution >= 4 is 5.91 Å². The molecule has 0 spiro atoms. The molecule has 3 heteroatoms. The minimum absolute atomic E-state index is 0.109. The molecule has 1 aliphatic heterocycles. The van der Waals surface area contributed by atoms with Crippen LogP contribution in [0.1, 0.15) is 12.0 Å². The minimum atomic E-state index is 0.109. The van der Waals surface area contributed by atoms with E-state index in [0.29, 0.717) is 6.61 Å². The van der Waals surface area contributed by atoms with Crippen LogP contribution in [0.25, 0.3) is 0 Å². The Hall–Kier alpha value is -1.35. The van der Waals surface area contributed by atoms with Gasteiger partial charge in [-0.05, 0) is 12.0 Å². The van der Waals surface area contributed by atoms with Crippen molar-refractivity contribution in [3.05, 3.63) is 35.9 Å². The van der Waals surface area contributed by atoms with Crippen molar-refractivity contribution in [2.75, 3.05) is 19.7 Å². The van der Waals surface area contributed by atoms with E-state index >= 15 is 0 Å². The molecule has 1 aromatic carbocycles. The first-order chi connectivity index (χ1) is 7.36. The third-order valence-corrected chi connectivity index (χ3v) is 2.55. The molecule has 0 atom stereocenters. The van der Waals surface area contributed by atoms with Crippen molar-refractivity contribution in [3.63, 3.8) is 0 Å². The molecule has 1 saturated heterocycles. The molecule has 0 radical (unpaired) electrons. The highest BCUT2D eigenvalue weighted by Crippen LogP contribution is 2.06. The second kappa shape index (κ2) is 4.94. The Labute approximate surface area is 89.7 Å². The molecule has 0 unspecified atom stereocenters. The largest absolute Gasteiger partial charge is 0.367 e. The average molecular weight is 205 g/mol. The van der Waals surface area contributed by atoms with E-state index in [2.05, 4.69) is 0 Å². The number of rotatable bonds is 4. The molecular weight excluding hydrogens is 190 g/mol. The number of nitrogens with zero attached hydrogens (tertiary/aromatic N) is 1. The Morgan fingerprint density at radius 2 is 2.00 bits per heavy atom. The molecule has 0 N–H and O–H groups in total. The van der Waals surface area contributed by atoms with Crippen molar-refractivity contribution in [1.82, 2.24) is 4.90 Å². The smallest absolute Gasteiger partial charge is 0.248 e. The summed E-state index contributed by atoms with van der Waals surface area (Å²) in [4.78, 5) is 13.2. The Morgan fingerprint density at radius 1 is 1.27 bits per heavy atom. The van der Waals surface area contributed by atoms with Crippen LogP contribution in [0.15, 0.2) is 30.3 Å². The maximum atomic E-state index is 11.4. The third-order valence-electron chi connectivity index (χ3n) is 2.55. The summed E-state index contributed by atoms with van der Waals surface area (Å²) in [5.41, 5.74) is 1.11. The fraction of sp³-hybridized carbons (Fsp3) is 0.417. The fourth-order valence-corrected chi connectivity index (χ4v) is 1.49. The predicted octanol–water partition coefficient (Wildman–Crippen LogP) is 1.44. The number of carbonyl (C=O) groups is 1. The number of hydrogen-bond donors (Lipinski definition) is 0. The van der Waals surface area contributed by atoms with E-state index in [1.54, 1.807) is 0 Å². The van der Waals surface area contributed by atoms with Crippen LogP contribution in [-0.2, 0) is 16.1 Å². The quantitative estimate of drug-likeness (QED) is 0.744. The topological polar surface area (TPSA) is 29.5 Å². The predicted molar refractivity (Wildman–Crippen MR) is 57.3 cm³/mol. The molecule has 1 amide bonds. The highest BCUT2D eigenvalue weighted by Gasteiger charge is 2.19. The lowest BCUT2D eigenvalue weighted by Gasteiger charge is -2.30. The van der Waals surface area contributed by atoms with Crippen LogP contribution in [0, 0.1) is 0 Å². The van der Waals surface area contributed by atoms with Crippen LogP contribution >= 0.6 is 0 Å². The molecule has 0 aliphatic carbocycles. The fourth-order valence-electron chi connectivity index (χ4n) is 1.49. The van der Waals surface area contributed by atoms with Gasteiger partial charge < -0.3 is 9.64 Å². The normalized spacial score (nSPS) is 14.8.